The Morgan fingerprint density at radius 3 is 1.79 bits per heavy atom. The van der Waals surface area contributed by atoms with E-state index in [4.69, 9.17) is 19.9 Å². The van der Waals surface area contributed by atoms with E-state index in [-0.39, 0.29) is 10.8 Å². The average Bonchev–Trinajstić information content (AvgIpc) is 3.10. The molecular formula is C44H38N4. The van der Waals surface area contributed by atoms with Gasteiger partial charge in [0.25, 0.3) is 0 Å². The maximum absolute atomic E-state index is 5.33. The van der Waals surface area contributed by atoms with Gasteiger partial charge in [0.05, 0.1) is 22.4 Å². The lowest BCUT2D eigenvalue weighted by Crippen LogP contribution is -2.24. The molecule has 6 aromatic carbocycles. The van der Waals surface area contributed by atoms with E-state index in [0.717, 1.165) is 62.4 Å². The lowest BCUT2D eigenvalue weighted by atomic mass is 9.82. The Morgan fingerprint density at radius 1 is 0.458 bits per heavy atom. The third-order valence-electron chi connectivity index (χ3n) is 9.41. The Bertz CT molecular complexity index is 2500. The van der Waals surface area contributed by atoms with Crippen molar-refractivity contribution < 1.29 is 0 Å². The molecule has 0 N–H and O–H groups in total. The van der Waals surface area contributed by atoms with E-state index in [0.29, 0.717) is 0 Å². The van der Waals surface area contributed by atoms with Crippen LogP contribution in [0.1, 0.15) is 51.8 Å². The fraction of sp³-hybridized carbons (Fsp3) is 0.182. The van der Waals surface area contributed by atoms with Crippen molar-refractivity contribution in [2.24, 2.45) is 0 Å². The maximum atomic E-state index is 5.33. The van der Waals surface area contributed by atoms with Gasteiger partial charge in [-0.15, -0.1) is 0 Å². The van der Waals surface area contributed by atoms with Gasteiger partial charge in [0, 0.05) is 32.7 Å². The summed E-state index contributed by atoms with van der Waals surface area (Å²) in [6, 6.07) is 45.0. The van der Waals surface area contributed by atoms with Crippen LogP contribution in [-0.4, -0.2) is 19.9 Å². The van der Waals surface area contributed by atoms with Crippen molar-refractivity contribution in [3.8, 4) is 22.5 Å². The molecule has 2 aromatic heterocycles. The van der Waals surface area contributed by atoms with Crippen LogP contribution in [0.4, 0.5) is 0 Å². The largest absolute Gasteiger partial charge is 0.232 e. The van der Waals surface area contributed by atoms with Crippen LogP contribution < -0.4 is 0 Å². The van der Waals surface area contributed by atoms with E-state index in [2.05, 4.69) is 162 Å². The topological polar surface area (TPSA) is 51.6 Å². The molecule has 4 heteroatoms. The van der Waals surface area contributed by atoms with Crippen LogP contribution in [-0.2, 0) is 17.3 Å². The molecule has 234 valence electrons. The number of nitrogens with zero attached hydrogens (tertiary/aromatic N) is 4. The molecule has 0 saturated carbocycles. The molecule has 0 atom stereocenters. The Morgan fingerprint density at radius 2 is 1.04 bits per heavy atom. The van der Waals surface area contributed by atoms with E-state index < -0.39 is 0 Å². The Kier molecular flexibility index (Phi) is 7.06. The zero-order chi connectivity index (χ0) is 33.0. The summed E-state index contributed by atoms with van der Waals surface area (Å²) >= 11 is 0. The van der Waals surface area contributed by atoms with Gasteiger partial charge in [0.15, 0.2) is 0 Å². The minimum atomic E-state index is -0.346. The van der Waals surface area contributed by atoms with Crippen molar-refractivity contribution in [3.63, 3.8) is 0 Å². The smallest absolute Gasteiger partial charge is 0.135 e. The van der Waals surface area contributed by atoms with Crippen molar-refractivity contribution >= 4 is 43.4 Å². The second-order valence-electron chi connectivity index (χ2n) is 14.5. The molecule has 8 aromatic rings. The molecule has 0 aliphatic heterocycles. The second kappa shape index (κ2) is 11.3. The minimum Gasteiger partial charge on any atom is -0.232 e. The van der Waals surface area contributed by atoms with Crippen LogP contribution in [0.2, 0.25) is 0 Å². The predicted molar refractivity (Wildman–Crippen MR) is 200 cm³/mol. The van der Waals surface area contributed by atoms with Crippen LogP contribution in [0, 0.1) is 0 Å². The monoisotopic (exact) mass is 622 g/mol. The van der Waals surface area contributed by atoms with Crippen molar-refractivity contribution in [3.05, 3.63) is 145 Å². The highest BCUT2D eigenvalue weighted by molar-refractivity contribution is 6.04. The highest BCUT2D eigenvalue weighted by Crippen LogP contribution is 2.38. The number of fused-ring (bicyclic) bond motifs is 4. The third kappa shape index (κ3) is 5.28. The molecule has 0 aliphatic carbocycles. The number of benzene rings is 6. The first-order chi connectivity index (χ1) is 23.2. The Balaban J connectivity index is 1.25. The first-order valence-electron chi connectivity index (χ1n) is 16.7. The van der Waals surface area contributed by atoms with Gasteiger partial charge in [0.2, 0.25) is 0 Å². The van der Waals surface area contributed by atoms with Crippen molar-refractivity contribution in [1.29, 1.82) is 0 Å². The highest BCUT2D eigenvalue weighted by Gasteiger charge is 2.28. The third-order valence-corrected chi connectivity index (χ3v) is 9.41. The molecule has 0 radical (unpaired) electrons. The molecule has 0 fully saturated rings. The molecule has 0 spiro atoms. The van der Waals surface area contributed by atoms with Gasteiger partial charge in [-0.1, -0.05) is 144 Å². The zero-order valence-corrected chi connectivity index (χ0v) is 28.1. The van der Waals surface area contributed by atoms with E-state index in [9.17, 15) is 0 Å². The fourth-order valence-corrected chi connectivity index (χ4v) is 6.84. The van der Waals surface area contributed by atoms with Gasteiger partial charge in [-0.05, 0) is 51.7 Å². The summed E-state index contributed by atoms with van der Waals surface area (Å²) in [4.78, 5) is 20.7. The molecule has 0 aliphatic rings. The van der Waals surface area contributed by atoms with Crippen LogP contribution in [0.5, 0.6) is 0 Å². The standard InChI is InChI=1S/C44H38N4/c1-43(2,3)41-45-38-23-11-9-18-36(38)40(48-41)34-21-13-19-32-31(16-12-20-33(32)34)27-44(4,5)42-46-37-22-10-8-17-35(37)39(47-42)30-25-24-28-14-6-7-15-29(28)26-30/h6-26H,27H2,1-5H3. The molecule has 0 saturated heterocycles. The minimum absolute atomic E-state index is 0.176. The zero-order valence-electron chi connectivity index (χ0n) is 28.1. The summed E-state index contributed by atoms with van der Waals surface area (Å²) < 4.78 is 0. The summed E-state index contributed by atoms with van der Waals surface area (Å²) in [5.41, 5.74) is 6.85. The Hall–Kier alpha value is -5.48. The normalized spacial score (nSPS) is 12.4. The number of hydrogen-bond acceptors (Lipinski definition) is 4. The molecule has 0 bridgehead atoms. The van der Waals surface area contributed by atoms with Crippen LogP contribution in [0.3, 0.4) is 0 Å². The quantitative estimate of drug-likeness (QED) is 0.192. The summed E-state index contributed by atoms with van der Waals surface area (Å²) in [6.07, 6.45) is 0.779. The number of para-hydroxylation sites is 2. The summed E-state index contributed by atoms with van der Waals surface area (Å²) in [6.45, 7) is 11.0. The van der Waals surface area contributed by atoms with E-state index in [1.807, 2.05) is 0 Å². The molecule has 0 amide bonds. The van der Waals surface area contributed by atoms with Gasteiger partial charge in [-0.3, -0.25) is 0 Å². The molecule has 0 unspecified atom stereocenters. The van der Waals surface area contributed by atoms with Crippen molar-refractivity contribution in [2.75, 3.05) is 0 Å². The van der Waals surface area contributed by atoms with Crippen LogP contribution >= 0.6 is 0 Å². The summed E-state index contributed by atoms with van der Waals surface area (Å²) in [7, 11) is 0. The number of rotatable bonds is 5. The first-order valence-corrected chi connectivity index (χ1v) is 16.7. The van der Waals surface area contributed by atoms with Crippen molar-refractivity contribution in [1.82, 2.24) is 19.9 Å². The molecular weight excluding hydrogens is 585 g/mol. The van der Waals surface area contributed by atoms with E-state index in [1.165, 1.54) is 27.1 Å². The van der Waals surface area contributed by atoms with Crippen molar-refractivity contribution in [2.45, 2.75) is 51.9 Å². The fourth-order valence-electron chi connectivity index (χ4n) is 6.84. The number of hydrogen-bond donors (Lipinski definition) is 0. The molecule has 8 rings (SSSR count). The van der Waals surface area contributed by atoms with Crippen LogP contribution in [0.15, 0.2) is 127 Å². The van der Waals surface area contributed by atoms with Gasteiger partial charge < -0.3 is 0 Å². The van der Waals surface area contributed by atoms with Gasteiger partial charge in [0.1, 0.15) is 11.6 Å². The van der Waals surface area contributed by atoms with Crippen LogP contribution in [0.25, 0.3) is 65.9 Å². The van der Waals surface area contributed by atoms with E-state index >= 15 is 0 Å². The van der Waals surface area contributed by atoms with Gasteiger partial charge in [-0.25, -0.2) is 19.9 Å². The SMILES string of the molecule is CC(C)(C)c1nc(-c2cccc3c(CC(C)(C)c4nc(-c5ccc6ccccc6c5)c5ccccc5n4)cccc23)c2ccccc2n1. The lowest BCUT2D eigenvalue weighted by molar-refractivity contribution is 0.491. The number of aromatic nitrogens is 4. The summed E-state index contributed by atoms with van der Waals surface area (Å²) in [5.74, 6) is 1.69. The lowest BCUT2D eigenvalue weighted by Gasteiger charge is -2.25. The predicted octanol–water partition coefficient (Wildman–Crippen LogP) is 11.0. The van der Waals surface area contributed by atoms with Gasteiger partial charge >= 0.3 is 0 Å². The molecule has 2 heterocycles. The van der Waals surface area contributed by atoms with E-state index in [1.54, 1.807) is 0 Å². The first kappa shape index (κ1) is 29.9. The molecule has 48 heavy (non-hydrogen) atoms. The highest BCUT2D eigenvalue weighted by atomic mass is 14.9. The Labute approximate surface area is 281 Å². The maximum Gasteiger partial charge on any atom is 0.135 e. The average molecular weight is 623 g/mol. The molecule has 4 nitrogen and oxygen atoms in total. The van der Waals surface area contributed by atoms with Gasteiger partial charge in [-0.2, -0.15) is 0 Å². The second-order valence-corrected chi connectivity index (χ2v) is 14.5. The summed E-state index contributed by atoms with van der Waals surface area (Å²) in [5, 5.41) is 6.96.